The summed E-state index contributed by atoms with van der Waals surface area (Å²) in [4.78, 5) is 15.7. The van der Waals surface area contributed by atoms with Crippen LogP contribution >= 0.6 is 0 Å². The summed E-state index contributed by atoms with van der Waals surface area (Å²) in [5, 5.41) is 0. The molecular formula is C14H15NO3. The van der Waals surface area contributed by atoms with Gasteiger partial charge >= 0.3 is 5.95 Å². The molecule has 18 heavy (non-hydrogen) atoms. The van der Waals surface area contributed by atoms with Gasteiger partial charge in [-0.15, -0.1) is 0 Å². The third-order valence-electron chi connectivity index (χ3n) is 2.49. The van der Waals surface area contributed by atoms with E-state index in [4.69, 9.17) is 9.15 Å². The highest BCUT2D eigenvalue weighted by atomic mass is 16.6. The summed E-state index contributed by atoms with van der Waals surface area (Å²) in [5.74, 6) is 0.305. The molecule has 0 radical (unpaired) electrons. The lowest BCUT2D eigenvalue weighted by atomic mass is 10.1. The van der Waals surface area contributed by atoms with Crippen molar-refractivity contribution >= 4 is 5.78 Å². The van der Waals surface area contributed by atoms with Gasteiger partial charge in [0.15, 0.2) is 0 Å². The molecular weight excluding hydrogens is 230 g/mol. The molecule has 0 saturated heterocycles. The Morgan fingerprint density at radius 2 is 2.11 bits per heavy atom. The normalized spacial score (nSPS) is 10.3. The monoisotopic (exact) mass is 245 g/mol. The Bertz CT molecular complexity index is 505. The SMILES string of the molecule is CCOc1cnc(C(=O)CCc2ccccc2)o1. The van der Waals surface area contributed by atoms with Gasteiger partial charge in [0.25, 0.3) is 5.89 Å². The lowest BCUT2D eigenvalue weighted by Gasteiger charge is -1.98. The number of aryl methyl sites for hydroxylation is 1. The number of benzene rings is 1. The van der Waals surface area contributed by atoms with E-state index in [0.29, 0.717) is 25.4 Å². The molecule has 2 aromatic rings. The molecule has 0 atom stereocenters. The Labute approximate surface area is 106 Å². The second-order valence-corrected chi connectivity index (χ2v) is 3.83. The van der Waals surface area contributed by atoms with Gasteiger partial charge in [-0.25, -0.2) is 4.98 Å². The molecule has 94 valence electrons. The molecule has 0 spiro atoms. The average molecular weight is 245 g/mol. The first kappa shape index (κ1) is 12.4. The number of Topliss-reactive ketones (excluding diaryl/α,β-unsaturated/α-hetero) is 1. The first-order chi connectivity index (χ1) is 8.79. The molecule has 0 N–H and O–H groups in total. The number of nitrogens with zero attached hydrogens (tertiary/aromatic N) is 1. The van der Waals surface area contributed by atoms with Gasteiger partial charge in [0.2, 0.25) is 5.78 Å². The van der Waals surface area contributed by atoms with E-state index in [-0.39, 0.29) is 11.7 Å². The predicted octanol–water partition coefficient (Wildman–Crippen LogP) is 2.89. The summed E-state index contributed by atoms with van der Waals surface area (Å²) in [6.07, 6.45) is 2.50. The molecule has 0 bridgehead atoms. The maximum Gasteiger partial charge on any atom is 0.305 e. The van der Waals surface area contributed by atoms with Crippen molar-refractivity contribution in [1.29, 1.82) is 0 Å². The summed E-state index contributed by atoms with van der Waals surface area (Å²) in [5.41, 5.74) is 1.13. The van der Waals surface area contributed by atoms with Crippen molar-refractivity contribution in [3.05, 3.63) is 48.0 Å². The molecule has 0 fully saturated rings. The molecule has 1 heterocycles. The summed E-state index contributed by atoms with van der Waals surface area (Å²) in [6, 6.07) is 9.85. The fraction of sp³-hybridized carbons (Fsp3) is 0.286. The second-order valence-electron chi connectivity index (χ2n) is 3.83. The van der Waals surface area contributed by atoms with Gasteiger partial charge in [-0.05, 0) is 18.9 Å². The molecule has 1 aromatic heterocycles. The van der Waals surface area contributed by atoms with E-state index in [0.717, 1.165) is 5.56 Å². The van der Waals surface area contributed by atoms with Crippen molar-refractivity contribution in [3.63, 3.8) is 0 Å². The van der Waals surface area contributed by atoms with Crippen molar-refractivity contribution in [2.45, 2.75) is 19.8 Å². The Morgan fingerprint density at radius 1 is 1.33 bits per heavy atom. The van der Waals surface area contributed by atoms with E-state index >= 15 is 0 Å². The van der Waals surface area contributed by atoms with E-state index in [9.17, 15) is 4.79 Å². The largest absolute Gasteiger partial charge is 0.464 e. The Kier molecular flexibility index (Phi) is 4.12. The number of carbonyl (C=O) groups is 1. The standard InChI is InChI=1S/C14H15NO3/c1-2-17-13-10-15-14(18-13)12(16)9-8-11-6-4-3-5-7-11/h3-7,10H,2,8-9H2,1H3. The molecule has 0 aliphatic rings. The molecule has 0 aliphatic heterocycles. The number of rotatable bonds is 6. The number of oxazole rings is 1. The third kappa shape index (κ3) is 3.20. The summed E-state index contributed by atoms with van der Waals surface area (Å²) >= 11 is 0. The van der Waals surface area contributed by atoms with Gasteiger partial charge in [-0.1, -0.05) is 30.3 Å². The van der Waals surface area contributed by atoms with Crippen LogP contribution in [0.25, 0.3) is 0 Å². The summed E-state index contributed by atoms with van der Waals surface area (Å²) in [7, 11) is 0. The number of aromatic nitrogens is 1. The van der Waals surface area contributed by atoms with Crippen molar-refractivity contribution in [1.82, 2.24) is 4.98 Å². The Morgan fingerprint density at radius 3 is 2.83 bits per heavy atom. The molecule has 4 heteroatoms. The van der Waals surface area contributed by atoms with Crippen molar-refractivity contribution in [3.8, 4) is 5.95 Å². The minimum absolute atomic E-state index is 0.107. The van der Waals surface area contributed by atoms with Crippen LogP contribution < -0.4 is 4.74 Å². The van der Waals surface area contributed by atoms with Crippen LogP contribution in [-0.4, -0.2) is 17.4 Å². The van der Waals surface area contributed by atoms with Crippen LogP contribution in [0.15, 0.2) is 40.9 Å². The number of ether oxygens (including phenoxy) is 1. The van der Waals surface area contributed by atoms with Crippen LogP contribution in [0.5, 0.6) is 5.95 Å². The highest BCUT2D eigenvalue weighted by molar-refractivity contribution is 5.91. The molecule has 4 nitrogen and oxygen atoms in total. The highest BCUT2D eigenvalue weighted by Gasteiger charge is 2.13. The predicted molar refractivity (Wildman–Crippen MR) is 66.8 cm³/mol. The van der Waals surface area contributed by atoms with Gasteiger partial charge in [0.05, 0.1) is 6.61 Å². The quantitative estimate of drug-likeness (QED) is 0.734. The van der Waals surface area contributed by atoms with E-state index in [1.54, 1.807) is 0 Å². The zero-order valence-electron chi connectivity index (χ0n) is 10.3. The zero-order valence-corrected chi connectivity index (χ0v) is 10.3. The van der Waals surface area contributed by atoms with Gasteiger partial charge in [0.1, 0.15) is 6.20 Å². The number of ketones is 1. The fourth-order valence-electron chi connectivity index (χ4n) is 1.61. The number of hydrogen-bond donors (Lipinski definition) is 0. The summed E-state index contributed by atoms with van der Waals surface area (Å²) in [6.45, 7) is 2.34. The van der Waals surface area contributed by atoms with Crippen LogP contribution in [0.1, 0.15) is 29.6 Å². The van der Waals surface area contributed by atoms with Gasteiger partial charge in [0, 0.05) is 6.42 Å². The Hall–Kier alpha value is -2.10. The van der Waals surface area contributed by atoms with Crippen LogP contribution in [-0.2, 0) is 6.42 Å². The van der Waals surface area contributed by atoms with Crippen LogP contribution in [0, 0.1) is 0 Å². The molecule has 0 aliphatic carbocycles. The summed E-state index contributed by atoms with van der Waals surface area (Å²) < 4.78 is 10.3. The molecule has 2 rings (SSSR count). The maximum absolute atomic E-state index is 11.8. The van der Waals surface area contributed by atoms with Crippen molar-refractivity contribution < 1.29 is 13.9 Å². The molecule has 0 unspecified atom stereocenters. The minimum atomic E-state index is -0.107. The number of carbonyl (C=O) groups excluding carboxylic acids is 1. The smallest absolute Gasteiger partial charge is 0.305 e. The second kappa shape index (κ2) is 6.00. The fourth-order valence-corrected chi connectivity index (χ4v) is 1.61. The average Bonchev–Trinajstić information content (AvgIpc) is 2.86. The first-order valence-corrected chi connectivity index (χ1v) is 5.95. The van der Waals surface area contributed by atoms with Crippen molar-refractivity contribution in [2.75, 3.05) is 6.61 Å². The van der Waals surface area contributed by atoms with Crippen LogP contribution in [0.4, 0.5) is 0 Å². The Balaban J connectivity index is 1.91. The lowest BCUT2D eigenvalue weighted by molar-refractivity contribution is 0.0941. The molecule has 0 saturated carbocycles. The van der Waals surface area contributed by atoms with Crippen molar-refractivity contribution in [2.24, 2.45) is 0 Å². The molecule has 0 amide bonds. The molecule has 1 aromatic carbocycles. The third-order valence-corrected chi connectivity index (χ3v) is 2.49. The first-order valence-electron chi connectivity index (χ1n) is 5.95. The van der Waals surface area contributed by atoms with Gasteiger partial charge in [-0.3, -0.25) is 4.79 Å². The van der Waals surface area contributed by atoms with Crippen LogP contribution in [0.3, 0.4) is 0 Å². The van der Waals surface area contributed by atoms with Crippen LogP contribution in [0.2, 0.25) is 0 Å². The van der Waals surface area contributed by atoms with E-state index in [1.165, 1.54) is 6.20 Å². The highest BCUT2D eigenvalue weighted by Crippen LogP contribution is 2.14. The zero-order chi connectivity index (χ0) is 12.8. The van der Waals surface area contributed by atoms with Gasteiger partial charge in [-0.2, -0.15) is 0 Å². The number of hydrogen-bond acceptors (Lipinski definition) is 4. The lowest BCUT2D eigenvalue weighted by Crippen LogP contribution is -2.01. The van der Waals surface area contributed by atoms with E-state index < -0.39 is 0 Å². The van der Waals surface area contributed by atoms with Gasteiger partial charge < -0.3 is 9.15 Å². The minimum Gasteiger partial charge on any atom is -0.464 e. The topological polar surface area (TPSA) is 52.3 Å². The maximum atomic E-state index is 11.8. The van der Waals surface area contributed by atoms with E-state index in [2.05, 4.69) is 4.98 Å². The van der Waals surface area contributed by atoms with E-state index in [1.807, 2.05) is 37.3 Å².